The van der Waals surface area contributed by atoms with Gasteiger partial charge in [-0.2, -0.15) is 0 Å². The molecule has 16 heavy (non-hydrogen) atoms. The molecular formula is C13H20BrNS. The molecule has 0 aliphatic heterocycles. The van der Waals surface area contributed by atoms with Crippen LogP contribution in [-0.4, -0.2) is 6.04 Å². The summed E-state index contributed by atoms with van der Waals surface area (Å²) in [4.78, 5) is 1.43. The van der Waals surface area contributed by atoms with Gasteiger partial charge in [-0.05, 0) is 46.7 Å². The lowest BCUT2D eigenvalue weighted by Gasteiger charge is -2.35. The maximum atomic E-state index is 3.74. The summed E-state index contributed by atoms with van der Waals surface area (Å²) in [5, 5.41) is 5.90. The molecular weight excluding hydrogens is 282 g/mol. The van der Waals surface area contributed by atoms with Crippen LogP contribution < -0.4 is 5.32 Å². The molecule has 1 aliphatic carbocycles. The van der Waals surface area contributed by atoms with E-state index >= 15 is 0 Å². The van der Waals surface area contributed by atoms with Crippen LogP contribution in [0.15, 0.2) is 15.9 Å². The molecule has 2 atom stereocenters. The lowest BCUT2D eigenvalue weighted by atomic mass is 9.79. The Hall–Kier alpha value is 0.140. The second-order valence-corrected chi connectivity index (χ2v) is 6.93. The van der Waals surface area contributed by atoms with Crippen LogP contribution in [0.3, 0.4) is 0 Å². The SMILES string of the molecule is CC1CCCC(C)C1NCc1cc(Br)cs1. The molecule has 1 heterocycles. The summed E-state index contributed by atoms with van der Waals surface area (Å²) in [5.41, 5.74) is 0. The van der Waals surface area contributed by atoms with Gasteiger partial charge in [-0.3, -0.25) is 0 Å². The molecule has 0 amide bonds. The highest BCUT2D eigenvalue weighted by Crippen LogP contribution is 2.29. The molecule has 1 fully saturated rings. The summed E-state index contributed by atoms with van der Waals surface area (Å²) < 4.78 is 1.21. The zero-order valence-electron chi connectivity index (χ0n) is 10.0. The normalized spacial score (nSPS) is 30.6. The molecule has 0 saturated heterocycles. The van der Waals surface area contributed by atoms with Crippen LogP contribution in [0, 0.1) is 11.8 Å². The van der Waals surface area contributed by atoms with E-state index in [1.807, 2.05) is 11.3 Å². The standard InChI is InChI=1S/C13H20BrNS/c1-9-4-3-5-10(2)13(9)15-7-12-6-11(14)8-16-12/h6,8-10,13,15H,3-5,7H2,1-2H3. The number of nitrogens with one attached hydrogen (secondary N) is 1. The lowest BCUT2D eigenvalue weighted by Crippen LogP contribution is -2.42. The Kier molecular flexibility index (Phi) is 4.45. The van der Waals surface area contributed by atoms with E-state index in [2.05, 4.69) is 46.5 Å². The Labute approximate surface area is 111 Å². The molecule has 1 aliphatic rings. The lowest BCUT2D eigenvalue weighted by molar-refractivity contribution is 0.208. The number of hydrogen-bond donors (Lipinski definition) is 1. The molecule has 1 aromatic rings. The molecule has 1 saturated carbocycles. The minimum Gasteiger partial charge on any atom is -0.309 e. The van der Waals surface area contributed by atoms with Crippen molar-refractivity contribution >= 4 is 27.3 Å². The average Bonchev–Trinajstić information content (AvgIpc) is 2.63. The molecule has 0 radical (unpaired) electrons. The summed E-state index contributed by atoms with van der Waals surface area (Å²) in [6, 6.07) is 2.92. The average molecular weight is 302 g/mol. The first-order valence-corrected chi connectivity index (χ1v) is 7.80. The summed E-state index contributed by atoms with van der Waals surface area (Å²) in [5.74, 6) is 1.65. The van der Waals surface area contributed by atoms with Gasteiger partial charge in [0.1, 0.15) is 0 Å². The Morgan fingerprint density at radius 1 is 1.38 bits per heavy atom. The molecule has 1 N–H and O–H groups in total. The fraction of sp³-hybridized carbons (Fsp3) is 0.692. The Bertz CT molecular complexity index is 326. The van der Waals surface area contributed by atoms with Crippen LogP contribution in [0.2, 0.25) is 0 Å². The van der Waals surface area contributed by atoms with E-state index in [0.717, 1.165) is 18.4 Å². The van der Waals surface area contributed by atoms with E-state index in [-0.39, 0.29) is 0 Å². The van der Waals surface area contributed by atoms with Crippen LogP contribution in [0.1, 0.15) is 38.0 Å². The second-order valence-electron chi connectivity index (χ2n) is 5.02. The third kappa shape index (κ3) is 3.08. The van der Waals surface area contributed by atoms with Crippen LogP contribution >= 0.6 is 27.3 Å². The van der Waals surface area contributed by atoms with Gasteiger partial charge in [-0.15, -0.1) is 11.3 Å². The van der Waals surface area contributed by atoms with Crippen molar-refractivity contribution in [2.45, 2.75) is 45.7 Å². The molecule has 1 nitrogen and oxygen atoms in total. The van der Waals surface area contributed by atoms with Gasteiger partial charge in [-0.1, -0.05) is 20.3 Å². The molecule has 0 spiro atoms. The van der Waals surface area contributed by atoms with E-state index in [4.69, 9.17) is 0 Å². The van der Waals surface area contributed by atoms with E-state index in [0.29, 0.717) is 6.04 Å². The molecule has 3 heteroatoms. The summed E-state index contributed by atoms with van der Waals surface area (Å²) in [6.45, 7) is 5.80. The molecule has 90 valence electrons. The quantitative estimate of drug-likeness (QED) is 0.871. The van der Waals surface area contributed by atoms with Crippen molar-refractivity contribution in [3.63, 3.8) is 0 Å². The van der Waals surface area contributed by atoms with Crippen molar-refractivity contribution < 1.29 is 0 Å². The smallest absolute Gasteiger partial charge is 0.0302 e. The first kappa shape index (κ1) is 12.6. The maximum absolute atomic E-state index is 3.74. The van der Waals surface area contributed by atoms with Crippen molar-refractivity contribution in [3.8, 4) is 0 Å². The van der Waals surface area contributed by atoms with Gasteiger partial charge in [0, 0.05) is 27.3 Å². The molecule has 2 rings (SSSR count). The van der Waals surface area contributed by atoms with Crippen molar-refractivity contribution in [1.29, 1.82) is 0 Å². The fourth-order valence-corrected chi connectivity index (χ4v) is 4.15. The monoisotopic (exact) mass is 301 g/mol. The van der Waals surface area contributed by atoms with Crippen LogP contribution in [-0.2, 0) is 6.54 Å². The third-order valence-corrected chi connectivity index (χ3v) is 5.38. The highest BCUT2D eigenvalue weighted by atomic mass is 79.9. The maximum Gasteiger partial charge on any atom is 0.0302 e. The minimum absolute atomic E-state index is 0.703. The third-order valence-electron chi connectivity index (χ3n) is 3.68. The number of thiophene rings is 1. The topological polar surface area (TPSA) is 12.0 Å². The summed E-state index contributed by atoms with van der Waals surface area (Å²) in [7, 11) is 0. The van der Waals surface area contributed by atoms with Crippen LogP contribution in [0.25, 0.3) is 0 Å². The van der Waals surface area contributed by atoms with Gasteiger partial charge in [0.2, 0.25) is 0 Å². The fourth-order valence-electron chi connectivity index (χ4n) is 2.75. The first-order chi connectivity index (χ1) is 7.66. The van der Waals surface area contributed by atoms with Gasteiger partial charge in [0.15, 0.2) is 0 Å². The zero-order valence-corrected chi connectivity index (χ0v) is 12.4. The predicted molar refractivity (Wildman–Crippen MR) is 74.8 cm³/mol. The van der Waals surface area contributed by atoms with E-state index in [1.54, 1.807) is 0 Å². The number of halogens is 1. The highest BCUT2D eigenvalue weighted by Gasteiger charge is 2.26. The largest absolute Gasteiger partial charge is 0.309 e. The van der Waals surface area contributed by atoms with Gasteiger partial charge < -0.3 is 5.32 Å². The summed E-state index contributed by atoms with van der Waals surface area (Å²) in [6.07, 6.45) is 4.18. The van der Waals surface area contributed by atoms with Gasteiger partial charge in [0.05, 0.1) is 0 Å². The Balaban J connectivity index is 1.88. The predicted octanol–water partition coefficient (Wildman–Crippen LogP) is 4.42. The van der Waals surface area contributed by atoms with E-state index < -0.39 is 0 Å². The van der Waals surface area contributed by atoms with Crippen molar-refractivity contribution in [1.82, 2.24) is 5.32 Å². The van der Waals surface area contributed by atoms with Crippen LogP contribution in [0.4, 0.5) is 0 Å². The molecule has 0 bridgehead atoms. The van der Waals surface area contributed by atoms with Crippen molar-refractivity contribution in [3.05, 3.63) is 20.8 Å². The van der Waals surface area contributed by atoms with Gasteiger partial charge in [0.25, 0.3) is 0 Å². The van der Waals surface area contributed by atoms with Gasteiger partial charge >= 0.3 is 0 Å². The molecule has 1 aromatic heterocycles. The highest BCUT2D eigenvalue weighted by molar-refractivity contribution is 9.10. The van der Waals surface area contributed by atoms with E-state index in [1.165, 1.54) is 28.6 Å². The second kappa shape index (κ2) is 5.65. The molecule has 2 unspecified atom stereocenters. The molecule has 0 aromatic carbocycles. The first-order valence-electron chi connectivity index (χ1n) is 6.13. The minimum atomic E-state index is 0.703. The Morgan fingerprint density at radius 2 is 2.06 bits per heavy atom. The van der Waals surface area contributed by atoms with Gasteiger partial charge in [-0.25, -0.2) is 0 Å². The number of hydrogen-bond acceptors (Lipinski definition) is 2. The number of rotatable bonds is 3. The van der Waals surface area contributed by atoms with E-state index in [9.17, 15) is 0 Å². The van der Waals surface area contributed by atoms with Crippen molar-refractivity contribution in [2.75, 3.05) is 0 Å². The van der Waals surface area contributed by atoms with Crippen LogP contribution in [0.5, 0.6) is 0 Å². The Morgan fingerprint density at radius 3 is 2.62 bits per heavy atom. The summed E-state index contributed by atoms with van der Waals surface area (Å²) >= 11 is 5.34. The zero-order chi connectivity index (χ0) is 11.5. The van der Waals surface area contributed by atoms with Crippen molar-refractivity contribution in [2.24, 2.45) is 11.8 Å².